The van der Waals surface area contributed by atoms with Crippen molar-refractivity contribution in [1.82, 2.24) is 9.97 Å². The fraction of sp³-hybridized carbons (Fsp3) is 0.250. The average Bonchev–Trinajstić information content (AvgIpc) is 2.79. The molecule has 0 aliphatic carbocycles. The molecule has 1 aromatic carbocycles. The van der Waals surface area contributed by atoms with Crippen LogP contribution in [0.4, 0.5) is 5.69 Å². The summed E-state index contributed by atoms with van der Waals surface area (Å²) in [6.07, 6.45) is 0. The van der Waals surface area contributed by atoms with Gasteiger partial charge in [0.15, 0.2) is 0 Å². The molecule has 2 aromatic heterocycles. The van der Waals surface area contributed by atoms with Gasteiger partial charge >= 0.3 is 0 Å². The quantitative estimate of drug-likeness (QED) is 0.293. The molecule has 5 nitrogen and oxygen atoms in total. The molecule has 0 radical (unpaired) electrons. The number of aromatic nitrogens is 2. The van der Waals surface area contributed by atoms with Gasteiger partial charge in [0, 0.05) is 27.6 Å². The number of nitro benzene ring substituents is 1. The van der Waals surface area contributed by atoms with E-state index in [1.165, 1.54) is 28.3 Å². The van der Waals surface area contributed by atoms with Crippen LogP contribution in [-0.2, 0) is 5.75 Å². The van der Waals surface area contributed by atoms with Crippen LogP contribution >= 0.6 is 23.1 Å². The maximum Gasteiger partial charge on any atom is 0.273 e. The van der Waals surface area contributed by atoms with Gasteiger partial charge in [0.1, 0.15) is 15.7 Å². The molecule has 0 bridgehead atoms. The van der Waals surface area contributed by atoms with E-state index in [2.05, 4.69) is 23.8 Å². The van der Waals surface area contributed by atoms with Crippen LogP contribution in [0.1, 0.15) is 21.8 Å². The van der Waals surface area contributed by atoms with Crippen LogP contribution in [0, 0.1) is 30.9 Å². The highest BCUT2D eigenvalue weighted by atomic mass is 32.2. The summed E-state index contributed by atoms with van der Waals surface area (Å²) >= 11 is 3.19. The summed E-state index contributed by atoms with van der Waals surface area (Å²) in [6.45, 7) is 6.02. The molecule has 0 unspecified atom stereocenters. The maximum atomic E-state index is 11.1. The van der Waals surface area contributed by atoms with Crippen LogP contribution in [0.5, 0.6) is 0 Å². The Morgan fingerprint density at radius 3 is 2.70 bits per heavy atom. The minimum Gasteiger partial charge on any atom is -0.258 e. The number of thiophene rings is 1. The lowest BCUT2D eigenvalue weighted by Crippen LogP contribution is -1.95. The molecule has 23 heavy (non-hydrogen) atoms. The Balaban J connectivity index is 1.98. The summed E-state index contributed by atoms with van der Waals surface area (Å²) in [4.78, 5) is 22.1. The van der Waals surface area contributed by atoms with Gasteiger partial charge in [0.05, 0.1) is 4.92 Å². The molecule has 0 saturated heterocycles. The lowest BCUT2D eigenvalue weighted by atomic mass is 10.2. The van der Waals surface area contributed by atoms with E-state index in [1.807, 2.05) is 13.0 Å². The van der Waals surface area contributed by atoms with Gasteiger partial charge in [-0.2, -0.15) is 0 Å². The molecule has 0 atom stereocenters. The summed E-state index contributed by atoms with van der Waals surface area (Å²) in [6, 6.07) is 6.84. The summed E-state index contributed by atoms with van der Waals surface area (Å²) in [5.41, 5.74) is 2.05. The Kier molecular flexibility index (Phi) is 4.32. The van der Waals surface area contributed by atoms with Crippen LogP contribution in [-0.4, -0.2) is 14.9 Å². The number of thioether (sulfide) groups is 1. The fourth-order valence-electron chi connectivity index (χ4n) is 2.38. The Hall–Kier alpha value is -1.99. The van der Waals surface area contributed by atoms with E-state index in [1.54, 1.807) is 23.5 Å². The van der Waals surface area contributed by atoms with Gasteiger partial charge < -0.3 is 0 Å². The van der Waals surface area contributed by atoms with E-state index in [0.717, 1.165) is 21.1 Å². The monoisotopic (exact) mass is 345 g/mol. The summed E-state index contributed by atoms with van der Waals surface area (Å²) in [5.74, 6) is 1.24. The molecule has 7 heteroatoms. The van der Waals surface area contributed by atoms with Crippen molar-refractivity contribution in [3.63, 3.8) is 0 Å². The molecule has 2 heterocycles. The van der Waals surface area contributed by atoms with Crippen molar-refractivity contribution in [2.24, 2.45) is 0 Å². The van der Waals surface area contributed by atoms with Crippen LogP contribution in [0.25, 0.3) is 10.2 Å². The second-order valence-electron chi connectivity index (χ2n) is 5.21. The fourth-order valence-corrected chi connectivity index (χ4v) is 4.64. The van der Waals surface area contributed by atoms with Crippen molar-refractivity contribution in [1.29, 1.82) is 0 Å². The van der Waals surface area contributed by atoms with Crippen molar-refractivity contribution in [2.75, 3.05) is 0 Å². The van der Waals surface area contributed by atoms with Crippen molar-refractivity contribution in [3.05, 3.63) is 56.2 Å². The SMILES string of the molecule is Cc1nc(SCc2ccccc2[N+](=O)[O-])c2c(C)c(C)sc2n1. The van der Waals surface area contributed by atoms with Crippen LogP contribution in [0.3, 0.4) is 0 Å². The second kappa shape index (κ2) is 6.25. The molecule has 0 spiro atoms. The van der Waals surface area contributed by atoms with Crippen LogP contribution in [0.15, 0.2) is 29.3 Å². The Morgan fingerprint density at radius 1 is 1.22 bits per heavy atom. The first-order valence-corrected chi connectivity index (χ1v) is 8.87. The third kappa shape index (κ3) is 3.07. The number of hydrogen-bond donors (Lipinski definition) is 0. The lowest BCUT2D eigenvalue weighted by molar-refractivity contribution is -0.385. The van der Waals surface area contributed by atoms with Gasteiger partial charge in [0.25, 0.3) is 5.69 Å². The van der Waals surface area contributed by atoms with E-state index in [4.69, 9.17) is 0 Å². The first kappa shape index (κ1) is 15.9. The number of fused-ring (bicyclic) bond motifs is 1. The van der Waals surface area contributed by atoms with Crippen molar-refractivity contribution in [2.45, 2.75) is 31.6 Å². The van der Waals surface area contributed by atoms with E-state index in [-0.39, 0.29) is 10.6 Å². The molecule has 0 amide bonds. The predicted octanol–water partition coefficient (Wildman–Crippen LogP) is 4.82. The third-order valence-electron chi connectivity index (χ3n) is 3.66. The van der Waals surface area contributed by atoms with E-state index in [0.29, 0.717) is 11.3 Å². The van der Waals surface area contributed by atoms with Crippen LogP contribution in [0.2, 0.25) is 0 Å². The highest BCUT2D eigenvalue weighted by Crippen LogP contribution is 2.37. The third-order valence-corrected chi connectivity index (χ3v) is 5.79. The number of nitrogens with zero attached hydrogens (tertiary/aromatic N) is 3. The molecule has 0 saturated carbocycles. The molecule has 3 aromatic rings. The summed E-state index contributed by atoms with van der Waals surface area (Å²) in [5, 5.41) is 13.1. The smallest absolute Gasteiger partial charge is 0.258 e. The first-order valence-electron chi connectivity index (χ1n) is 7.07. The highest BCUT2D eigenvalue weighted by Gasteiger charge is 2.16. The molecule has 0 fully saturated rings. The number of nitro groups is 1. The zero-order valence-corrected chi connectivity index (χ0v) is 14.6. The maximum absolute atomic E-state index is 11.1. The number of hydrogen-bond acceptors (Lipinski definition) is 6. The molecule has 0 aliphatic heterocycles. The zero-order valence-electron chi connectivity index (χ0n) is 13.0. The predicted molar refractivity (Wildman–Crippen MR) is 94.3 cm³/mol. The van der Waals surface area contributed by atoms with Crippen molar-refractivity contribution in [3.8, 4) is 0 Å². The van der Waals surface area contributed by atoms with Crippen LogP contribution < -0.4 is 0 Å². The molecule has 3 rings (SSSR count). The van der Waals surface area contributed by atoms with Gasteiger partial charge in [0.2, 0.25) is 0 Å². The summed E-state index contributed by atoms with van der Waals surface area (Å²) < 4.78 is 0. The van der Waals surface area contributed by atoms with E-state index in [9.17, 15) is 10.1 Å². The molecular weight excluding hydrogens is 330 g/mol. The number of para-hydroxylation sites is 1. The highest BCUT2D eigenvalue weighted by molar-refractivity contribution is 7.98. The van der Waals surface area contributed by atoms with Gasteiger partial charge in [-0.15, -0.1) is 23.1 Å². The lowest BCUT2D eigenvalue weighted by Gasteiger charge is -2.06. The largest absolute Gasteiger partial charge is 0.273 e. The standard InChI is InChI=1S/C16H15N3O2S2/c1-9-10(2)23-16-14(9)15(17-11(3)18-16)22-8-12-6-4-5-7-13(12)19(20)21/h4-7H,8H2,1-3H3. The van der Waals surface area contributed by atoms with E-state index < -0.39 is 0 Å². The number of rotatable bonds is 4. The van der Waals surface area contributed by atoms with E-state index >= 15 is 0 Å². The number of benzene rings is 1. The average molecular weight is 345 g/mol. The Labute approximate surface area is 141 Å². The normalized spacial score (nSPS) is 11.1. The van der Waals surface area contributed by atoms with Gasteiger partial charge in [-0.05, 0) is 26.3 Å². The zero-order chi connectivity index (χ0) is 16.6. The van der Waals surface area contributed by atoms with Gasteiger partial charge in [-0.3, -0.25) is 10.1 Å². The molecule has 0 aliphatic rings. The molecule has 118 valence electrons. The topological polar surface area (TPSA) is 68.9 Å². The molecular formula is C16H15N3O2S2. The Bertz CT molecular complexity index is 906. The Morgan fingerprint density at radius 2 is 1.96 bits per heavy atom. The van der Waals surface area contributed by atoms with Gasteiger partial charge in [-0.1, -0.05) is 18.2 Å². The second-order valence-corrected chi connectivity index (χ2v) is 7.38. The minimum atomic E-state index is -0.337. The first-order chi connectivity index (χ1) is 11.0. The van der Waals surface area contributed by atoms with Gasteiger partial charge in [-0.25, -0.2) is 9.97 Å². The number of aryl methyl sites for hydroxylation is 3. The van der Waals surface area contributed by atoms with Crippen molar-refractivity contribution < 1.29 is 4.92 Å². The molecule has 0 N–H and O–H groups in total. The minimum absolute atomic E-state index is 0.153. The van der Waals surface area contributed by atoms with Crippen molar-refractivity contribution >= 4 is 39.0 Å². The summed E-state index contributed by atoms with van der Waals surface area (Å²) in [7, 11) is 0.